The van der Waals surface area contributed by atoms with E-state index in [9.17, 15) is 14.0 Å². The van der Waals surface area contributed by atoms with Crippen LogP contribution in [-0.2, 0) is 22.6 Å². The van der Waals surface area contributed by atoms with Crippen molar-refractivity contribution in [2.75, 3.05) is 13.1 Å². The molecule has 7 heteroatoms. The van der Waals surface area contributed by atoms with Crippen molar-refractivity contribution in [3.05, 3.63) is 41.4 Å². The third-order valence-corrected chi connectivity index (χ3v) is 5.18. The number of carbonyl (C=O) groups is 2. The highest BCUT2D eigenvalue weighted by molar-refractivity contribution is 5.87. The SMILES string of the molecule is CC(=O)N1CCC[C@H]1C(=O)N1CCc2onc(-c3cccc(F)c3)c2C1. The van der Waals surface area contributed by atoms with Crippen molar-refractivity contribution in [2.24, 2.45) is 0 Å². The first-order valence-electron chi connectivity index (χ1n) is 8.84. The minimum absolute atomic E-state index is 0.0326. The summed E-state index contributed by atoms with van der Waals surface area (Å²) in [5.41, 5.74) is 2.03. The fraction of sp³-hybridized carbons (Fsp3) is 0.421. The second kappa shape index (κ2) is 6.55. The number of aromatic nitrogens is 1. The Bertz CT molecular complexity index is 863. The molecule has 0 radical (unpaired) electrons. The van der Waals surface area contributed by atoms with E-state index in [0.29, 0.717) is 43.7 Å². The van der Waals surface area contributed by atoms with Crippen LogP contribution < -0.4 is 0 Å². The molecule has 1 fully saturated rings. The Kier molecular flexibility index (Phi) is 4.22. The molecule has 0 unspecified atom stereocenters. The molecule has 26 heavy (non-hydrogen) atoms. The molecule has 0 spiro atoms. The summed E-state index contributed by atoms with van der Waals surface area (Å²) in [4.78, 5) is 28.1. The molecule has 2 amide bonds. The molecule has 0 saturated carbocycles. The third-order valence-electron chi connectivity index (χ3n) is 5.18. The molecule has 2 aliphatic heterocycles. The van der Waals surface area contributed by atoms with Crippen molar-refractivity contribution in [3.8, 4) is 11.3 Å². The van der Waals surface area contributed by atoms with E-state index in [1.54, 1.807) is 21.9 Å². The summed E-state index contributed by atoms with van der Waals surface area (Å²) in [5.74, 6) is 0.299. The van der Waals surface area contributed by atoms with Crippen LogP contribution in [0.25, 0.3) is 11.3 Å². The maximum atomic E-state index is 13.6. The zero-order chi connectivity index (χ0) is 18.3. The van der Waals surface area contributed by atoms with Crippen LogP contribution in [0.3, 0.4) is 0 Å². The van der Waals surface area contributed by atoms with Crippen LogP contribution in [0.1, 0.15) is 31.1 Å². The zero-order valence-corrected chi connectivity index (χ0v) is 14.6. The number of halogens is 1. The lowest BCUT2D eigenvalue weighted by Crippen LogP contribution is -2.48. The van der Waals surface area contributed by atoms with Crippen molar-refractivity contribution in [1.82, 2.24) is 15.0 Å². The predicted octanol–water partition coefficient (Wildman–Crippen LogP) is 2.38. The van der Waals surface area contributed by atoms with Gasteiger partial charge in [-0.3, -0.25) is 9.59 Å². The summed E-state index contributed by atoms with van der Waals surface area (Å²) < 4.78 is 19.0. The fourth-order valence-corrected chi connectivity index (χ4v) is 3.87. The van der Waals surface area contributed by atoms with Gasteiger partial charge in [0, 0.05) is 37.6 Å². The highest BCUT2D eigenvalue weighted by Gasteiger charge is 2.37. The van der Waals surface area contributed by atoms with Gasteiger partial charge in [0.05, 0.1) is 6.54 Å². The second-order valence-corrected chi connectivity index (χ2v) is 6.82. The van der Waals surface area contributed by atoms with Gasteiger partial charge in [-0.15, -0.1) is 0 Å². The number of hydrogen-bond donors (Lipinski definition) is 0. The van der Waals surface area contributed by atoms with E-state index in [1.807, 2.05) is 0 Å². The molecule has 6 nitrogen and oxygen atoms in total. The van der Waals surface area contributed by atoms with Gasteiger partial charge in [0.15, 0.2) is 0 Å². The monoisotopic (exact) mass is 357 g/mol. The second-order valence-electron chi connectivity index (χ2n) is 6.82. The zero-order valence-electron chi connectivity index (χ0n) is 14.6. The topological polar surface area (TPSA) is 66.7 Å². The Morgan fingerprint density at radius 3 is 2.92 bits per heavy atom. The van der Waals surface area contributed by atoms with E-state index in [1.165, 1.54) is 19.1 Å². The molecule has 2 aromatic rings. The molecule has 2 aliphatic rings. The summed E-state index contributed by atoms with van der Waals surface area (Å²) >= 11 is 0. The number of hydrogen-bond acceptors (Lipinski definition) is 4. The van der Waals surface area contributed by atoms with Crippen LogP contribution in [0.4, 0.5) is 4.39 Å². The number of carbonyl (C=O) groups excluding carboxylic acids is 2. The first kappa shape index (κ1) is 16.8. The molecule has 136 valence electrons. The van der Waals surface area contributed by atoms with E-state index in [2.05, 4.69) is 5.16 Å². The fourth-order valence-electron chi connectivity index (χ4n) is 3.87. The minimum Gasteiger partial charge on any atom is -0.360 e. The van der Waals surface area contributed by atoms with Crippen LogP contribution in [0, 0.1) is 5.82 Å². The Morgan fingerprint density at radius 2 is 2.15 bits per heavy atom. The summed E-state index contributed by atoms with van der Waals surface area (Å²) in [5, 5.41) is 4.10. The van der Waals surface area contributed by atoms with Crippen molar-refractivity contribution < 1.29 is 18.5 Å². The van der Waals surface area contributed by atoms with Crippen molar-refractivity contribution in [3.63, 3.8) is 0 Å². The van der Waals surface area contributed by atoms with E-state index >= 15 is 0 Å². The Balaban J connectivity index is 1.59. The van der Waals surface area contributed by atoms with Gasteiger partial charge in [-0.1, -0.05) is 17.3 Å². The van der Waals surface area contributed by atoms with Gasteiger partial charge >= 0.3 is 0 Å². The number of benzene rings is 1. The minimum atomic E-state index is -0.383. The van der Waals surface area contributed by atoms with Gasteiger partial charge in [0.1, 0.15) is 23.3 Å². The lowest BCUT2D eigenvalue weighted by atomic mass is 10.0. The van der Waals surface area contributed by atoms with E-state index in [4.69, 9.17) is 4.52 Å². The van der Waals surface area contributed by atoms with Gasteiger partial charge in [0.2, 0.25) is 11.8 Å². The lowest BCUT2D eigenvalue weighted by molar-refractivity contribution is -0.143. The molecular weight excluding hydrogens is 337 g/mol. The third kappa shape index (κ3) is 2.87. The van der Waals surface area contributed by atoms with Gasteiger partial charge in [-0.25, -0.2) is 4.39 Å². The van der Waals surface area contributed by atoms with Gasteiger partial charge in [-0.2, -0.15) is 0 Å². The first-order chi connectivity index (χ1) is 12.5. The Labute approximate surface area is 150 Å². The van der Waals surface area contributed by atoms with E-state index in [-0.39, 0.29) is 23.7 Å². The molecular formula is C19H20FN3O3. The van der Waals surface area contributed by atoms with Crippen molar-refractivity contribution >= 4 is 11.8 Å². The number of rotatable bonds is 2. The average molecular weight is 357 g/mol. The van der Waals surface area contributed by atoms with E-state index in [0.717, 1.165) is 17.7 Å². The Hall–Kier alpha value is -2.70. The molecule has 1 saturated heterocycles. The van der Waals surface area contributed by atoms with Crippen LogP contribution in [0.5, 0.6) is 0 Å². The summed E-state index contributed by atoms with van der Waals surface area (Å²) in [6.45, 7) is 3.03. The van der Waals surface area contributed by atoms with Crippen molar-refractivity contribution in [1.29, 1.82) is 0 Å². The van der Waals surface area contributed by atoms with Crippen molar-refractivity contribution in [2.45, 2.75) is 38.8 Å². The number of fused-ring (bicyclic) bond motifs is 1. The largest absolute Gasteiger partial charge is 0.360 e. The highest BCUT2D eigenvalue weighted by atomic mass is 19.1. The number of likely N-dealkylation sites (tertiary alicyclic amines) is 1. The molecule has 1 atom stereocenters. The molecule has 0 N–H and O–H groups in total. The summed E-state index contributed by atoms with van der Waals surface area (Å²) in [7, 11) is 0. The van der Waals surface area contributed by atoms with Crippen LogP contribution in [0.15, 0.2) is 28.8 Å². The summed E-state index contributed by atoms with van der Waals surface area (Å²) in [6.07, 6.45) is 2.11. The lowest BCUT2D eigenvalue weighted by Gasteiger charge is -2.31. The molecule has 3 heterocycles. The number of nitrogens with zero attached hydrogens (tertiary/aromatic N) is 3. The normalized spacial score (nSPS) is 19.5. The molecule has 0 aliphatic carbocycles. The van der Waals surface area contributed by atoms with Gasteiger partial charge in [-0.05, 0) is 25.0 Å². The summed E-state index contributed by atoms with van der Waals surface area (Å²) in [6, 6.07) is 5.80. The molecule has 0 bridgehead atoms. The smallest absolute Gasteiger partial charge is 0.245 e. The van der Waals surface area contributed by atoms with Crippen LogP contribution in [-0.4, -0.2) is 45.9 Å². The Morgan fingerprint density at radius 1 is 1.31 bits per heavy atom. The highest BCUT2D eigenvalue weighted by Crippen LogP contribution is 2.31. The quantitative estimate of drug-likeness (QED) is 0.828. The first-order valence-corrected chi connectivity index (χ1v) is 8.84. The van der Waals surface area contributed by atoms with Gasteiger partial charge < -0.3 is 14.3 Å². The number of amides is 2. The molecule has 1 aromatic carbocycles. The molecule has 4 rings (SSSR count). The average Bonchev–Trinajstić information content (AvgIpc) is 3.27. The predicted molar refractivity (Wildman–Crippen MR) is 91.4 cm³/mol. The van der Waals surface area contributed by atoms with Crippen LogP contribution in [0.2, 0.25) is 0 Å². The van der Waals surface area contributed by atoms with Gasteiger partial charge in [0.25, 0.3) is 0 Å². The van der Waals surface area contributed by atoms with Crippen LogP contribution >= 0.6 is 0 Å². The van der Waals surface area contributed by atoms with E-state index < -0.39 is 0 Å². The molecule has 1 aromatic heterocycles. The maximum Gasteiger partial charge on any atom is 0.245 e. The standard InChI is InChI=1S/C19H20FN3O3/c1-12(24)23-8-3-6-16(23)19(25)22-9-7-17-15(11-22)18(21-26-17)13-4-2-5-14(20)10-13/h2,4-5,10,16H,3,6-9,11H2,1H3/t16-/m0/s1. The maximum absolute atomic E-state index is 13.6.